The Labute approximate surface area is 355 Å². The van der Waals surface area contributed by atoms with E-state index in [-0.39, 0.29) is 68.6 Å². The number of hydrogen-bond donors (Lipinski definition) is 4. The van der Waals surface area contributed by atoms with E-state index in [9.17, 15) is 0 Å². The molecule has 0 unspecified atom stereocenters. The Hall–Kier alpha value is -3.16. The largest absolute Gasteiger partial charge is 1.00 e. The summed E-state index contributed by atoms with van der Waals surface area (Å²) in [5, 5.41) is 22.6. The first kappa shape index (κ1) is 48.8. The van der Waals surface area contributed by atoms with Gasteiger partial charge in [-0.1, -0.05) is 57.4 Å². The number of benzene rings is 2. The number of nitrogens with zero attached hydrogens (tertiary/aromatic N) is 10. The van der Waals surface area contributed by atoms with E-state index in [4.69, 9.17) is 16.6 Å². The van der Waals surface area contributed by atoms with Gasteiger partial charge in [-0.25, -0.2) is 19.9 Å². The molecular formula is C32H40BrN14NaS4. The number of aromatic nitrogens is 4. The number of fused-ring (bicyclic) bond motifs is 2. The molecule has 270 valence electrons. The van der Waals surface area contributed by atoms with Gasteiger partial charge in [0.1, 0.15) is 34.0 Å². The van der Waals surface area contributed by atoms with Crippen molar-refractivity contribution in [1.82, 2.24) is 30.6 Å². The van der Waals surface area contributed by atoms with Crippen LogP contribution in [0.1, 0.15) is 37.1 Å². The molecule has 4 N–H and O–H groups in total. The summed E-state index contributed by atoms with van der Waals surface area (Å²) in [6.07, 6.45) is 3.17. The quantitative estimate of drug-likeness (QED) is 0.0372. The molecule has 2 atom stereocenters. The van der Waals surface area contributed by atoms with Crippen LogP contribution in [-0.2, 0) is 0 Å². The predicted molar refractivity (Wildman–Crippen MR) is 227 cm³/mol. The second kappa shape index (κ2) is 27.4. The normalized spacial score (nSPS) is 10.6. The summed E-state index contributed by atoms with van der Waals surface area (Å²) in [5.74, 6) is 1.72. The smallest absolute Gasteiger partial charge is 0.373 e. The minimum atomic E-state index is 0. The van der Waals surface area contributed by atoms with Crippen molar-refractivity contribution in [2.45, 2.75) is 25.9 Å². The Balaban J connectivity index is 0.000000779. The third-order valence-corrected chi connectivity index (χ3v) is 8.95. The molecule has 0 aliphatic carbocycles. The van der Waals surface area contributed by atoms with Gasteiger partial charge in [0.15, 0.2) is 0 Å². The second-order valence-corrected chi connectivity index (χ2v) is 12.8. The molecule has 0 amide bonds. The average Bonchev–Trinajstić information content (AvgIpc) is 3.80. The van der Waals surface area contributed by atoms with E-state index >= 15 is 0 Å². The van der Waals surface area contributed by atoms with Gasteiger partial charge >= 0.3 is 29.6 Å². The van der Waals surface area contributed by atoms with E-state index in [1.807, 2.05) is 55.2 Å². The zero-order valence-electron chi connectivity index (χ0n) is 29.3. The second-order valence-electron chi connectivity index (χ2n) is 10.1. The first-order valence-corrected chi connectivity index (χ1v) is 17.5. The van der Waals surface area contributed by atoms with Gasteiger partial charge in [0.25, 0.3) is 0 Å². The number of rotatable bonds is 10. The molecule has 14 nitrogen and oxygen atoms in total. The fourth-order valence-corrected chi connectivity index (χ4v) is 6.00. The van der Waals surface area contributed by atoms with E-state index in [0.29, 0.717) is 5.69 Å². The number of hydrogen-bond acceptors (Lipinski definition) is 11. The number of thiophene rings is 2. The molecule has 0 spiro atoms. The Morgan fingerprint density at radius 3 is 1.48 bits per heavy atom. The zero-order chi connectivity index (χ0) is 35.4. The van der Waals surface area contributed by atoms with Gasteiger partial charge in [-0.3, -0.25) is 4.91 Å². The van der Waals surface area contributed by atoms with E-state index in [1.54, 1.807) is 47.5 Å². The summed E-state index contributed by atoms with van der Waals surface area (Å²) in [6, 6.07) is 20.1. The molecule has 0 bridgehead atoms. The molecule has 0 fully saturated rings. The summed E-state index contributed by atoms with van der Waals surface area (Å²) >= 11 is 6.67. The SMILES string of the molecule is CNCCNC.C[C@H](Nc1ncnc2sccc12)c1ccc(Br)cc1.C[C@H](Nc1ncnc2sccc12)c1ccc(N=[N+]=[N-])cc1.S.S.[N-]=[N+]=[N-].[Na+]. The summed E-state index contributed by atoms with van der Waals surface area (Å²) in [4.78, 5) is 23.4. The Bertz CT molecular complexity index is 1940. The van der Waals surface area contributed by atoms with Crippen LogP contribution >= 0.6 is 65.6 Å². The molecular weight excluding hydrogens is 812 g/mol. The standard InChI is InChI=1S/C14H12BrN3S.C14H12N6S.C4H12N2.N3.Na.2H2S/c1-9(10-2-4-11(15)5-3-10)18-13-12-6-7-19-14(12)17-8-16-13;1-9(10-2-4-11(5-3-10)19-20-15)18-13-12-6-7-21-14(12)17-8-16-13;1-5-3-4-6-2;1-3-2;;;/h2-9H,1H3,(H,16,17,18);2-9H,1H3,(H,16,17,18);5-6H,3-4H2,1-2H3;;;2*1H2/q;;;-1;+1;;/t2*9-;;;;;/m00...../s1. The number of nitrogens with one attached hydrogen (secondary N) is 4. The fourth-order valence-electron chi connectivity index (χ4n) is 4.27. The molecule has 52 heavy (non-hydrogen) atoms. The van der Waals surface area contributed by atoms with Gasteiger partial charge in [0.05, 0.1) is 10.8 Å². The van der Waals surface area contributed by atoms with Gasteiger partial charge in [-0.05, 0) is 79.6 Å². The van der Waals surface area contributed by atoms with Crippen LogP contribution in [0, 0.1) is 0 Å². The van der Waals surface area contributed by atoms with Gasteiger partial charge in [0, 0.05) is 40.2 Å². The van der Waals surface area contributed by atoms with E-state index in [2.05, 4.69) is 99.2 Å². The number of anilines is 2. The van der Waals surface area contributed by atoms with Crippen molar-refractivity contribution < 1.29 is 29.6 Å². The van der Waals surface area contributed by atoms with E-state index < -0.39 is 0 Å². The van der Waals surface area contributed by atoms with Crippen LogP contribution in [0.2, 0.25) is 0 Å². The molecule has 0 radical (unpaired) electrons. The van der Waals surface area contributed by atoms with Crippen molar-refractivity contribution >= 4 is 103 Å². The molecule has 0 aliphatic rings. The fraction of sp³-hybridized carbons (Fsp3) is 0.250. The van der Waals surface area contributed by atoms with Crippen molar-refractivity contribution in [2.75, 3.05) is 37.8 Å². The van der Waals surface area contributed by atoms with Gasteiger partial charge in [-0.15, -0.1) is 22.7 Å². The monoisotopic (exact) mass is 850 g/mol. The van der Waals surface area contributed by atoms with Crippen molar-refractivity contribution in [3.8, 4) is 0 Å². The predicted octanol–water partition coefficient (Wildman–Crippen LogP) is 6.95. The van der Waals surface area contributed by atoms with E-state index in [1.165, 1.54) is 10.5 Å². The molecule has 6 aromatic rings. The van der Waals surface area contributed by atoms with Gasteiger partial charge in [-0.2, -0.15) is 27.0 Å². The molecule has 2 aromatic carbocycles. The van der Waals surface area contributed by atoms with Gasteiger partial charge in [0.2, 0.25) is 0 Å². The molecule has 0 saturated carbocycles. The topological polar surface area (TPSA) is 207 Å². The third-order valence-electron chi connectivity index (χ3n) is 6.78. The first-order chi connectivity index (χ1) is 23.8. The minimum Gasteiger partial charge on any atom is -0.373 e. The van der Waals surface area contributed by atoms with Crippen molar-refractivity contribution in [3.63, 3.8) is 0 Å². The zero-order valence-corrected chi connectivity index (χ0v) is 36.5. The van der Waals surface area contributed by atoms with Crippen LogP contribution in [0.3, 0.4) is 0 Å². The van der Waals surface area contributed by atoms with Crippen LogP contribution in [0.25, 0.3) is 46.9 Å². The van der Waals surface area contributed by atoms with Crippen LogP contribution in [-0.4, -0.2) is 47.1 Å². The van der Waals surface area contributed by atoms with Crippen molar-refractivity contribution in [1.29, 1.82) is 0 Å². The molecule has 6 rings (SSSR count). The third kappa shape index (κ3) is 15.8. The molecule has 4 heterocycles. The van der Waals surface area contributed by atoms with Crippen molar-refractivity contribution in [3.05, 3.63) is 126 Å². The Kier molecular flexibility index (Phi) is 25.8. The molecule has 0 aliphatic heterocycles. The van der Waals surface area contributed by atoms with Gasteiger partial charge < -0.3 is 32.3 Å². The summed E-state index contributed by atoms with van der Waals surface area (Å²) in [5.41, 5.74) is 24.8. The first-order valence-electron chi connectivity index (χ1n) is 14.9. The average molecular weight is 852 g/mol. The van der Waals surface area contributed by atoms with Crippen LogP contribution < -0.4 is 50.8 Å². The Morgan fingerprint density at radius 2 is 1.10 bits per heavy atom. The number of likely N-dealkylation sites (N-methyl/N-ethyl adjacent to an activating group) is 2. The summed E-state index contributed by atoms with van der Waals surface area (Å²) in [6.45, 7) is 6.29. The maximum absolute atomic E-state index is 8.41. The number of azide groups is 1. The van der Waals surface area contributed by atoms with Crippen molar-refractivity contribution in [2.24, 2.45) is 5.11 Å². The Morgan fingerprint density at radius 1 is 0.692 bits per heavy atom. The molecule has 20 heteroatoms. The van der Waals surface area contributed by atoms with Crippen LogP contribution in [0.15, 0.2) is 93.7 Å². The van der Waals surface area contributed by atoms with Crippen LogP contribution in [0.4, 0.5) is 17.3 Å². The minimum absolute atomic E-state index is 0. The molecule has 0 saturated heterocycles. The summed E-state index contributed by atoms with van der Waals surface area (Å²) < 4.78 is 1.09. The van der Waals surface area contributed by atoms with E-state index in [0.717, 1.165) is 55.2 Å². The molecule has 4 aromatic heterocycles. The summed E-state index contributed by atoms with van der Waals surface area (Å²) in [7, 11) is 3.88. The maximum Gasteiger partial charge on any atom is 1.00 e. The maximum atomic E-state index is 8.41. The number of halogens is 1. The van der Waals surface area contributed by atoms with Crippen LogP contribution in [0.5, 0.6) is 0 Å².